The zero-order chi connectivity index (χ0) is 16.1. The van der Waals surface area contributed by atoms with E-state index in [2.05, 4.69) is 10.1 Å². The molecule has 3 rings (SSSR count). The molecule has 6 nitrogen and oxygen atoms in total. The number of hydrogen-bond donors (Lipinski definition) is 1. The van der Waals surface area contributed by atoms with E-state index in [4.69, 9.17) is 8.94 Å². The van der Waals surface area contributed by atoms with Crippen LogP contribution in [0, 0.1) is 0 Å². The number of nitrogens with zero attached hydrogens (tertiary/aromatic N) is 3. The number of benzene rings is 1. The van der Waals surface area contributed by atoms with E-state index in [0.717, 1.165) is 5.69 Å². The lowest BCUT2D eigenvalue weighted by Crippen LogP contribution is -2.31. The van der Waals surface area contributed by atoms with Gasteiger partial charge in [0, 0.05) is 12.2 Å². The van der Waals surface area contributed by atoms with Crippen molar-refractivity contribution in [3.63, 3.8) is 0 Å². The second-order valence-corrected chi connectivity index (χ2v) is 5.27. The molecule has 2 aromatic heterocycles. The van der Waals surface area contributed by atoms with E-state index in [9.17, 15) is 5.11 Å². The molecule has 0 fully saturated rings. The van der Waals surface area contributed by atoms with Gasteiger partial charge in [-0.1, -0.05) is 30.3 Å². The SMILES string of the molecule is CCC(O)CN(Cc1nc(-c2ccco2)no1)c1ccccc1. The molecule has 1 atom stereocenters. The van der Waals surface area contributed by atoms with Crippen LogP contribution >= 0.6 is 0 Å². The molecular weight excluding hydrogens is 294 g/mol. The van der Waals surface area contributed by atoms with Crippen molar-refractivity contribution in [2.45, 2.75) is 26.0 Å². The van der Waals surface area contributed by atoms with Crippen molar-refractivity contribution >= 4 is 5.69 Å². The Bertz CT molecular complexity index is 710. The smallest absolute Gasteiger partial charge is 0.246 e. The van der Waals surface area contributed by atoms with Gasteiger partial charge in [0.05, 0.1) is 18.9 Å². The van der Waals surface area contributed by atoms with Gasteiger partial charge in [-0.05, 0) is 30.7 Å². The molecule has 1 N–H and O–H groups in total. The summed E-state index contributed by atoms with van der Waals surface area (Å²) in [6.45, 7) is 2.88. The lowest BCUT2D eigenvalue weighted by Gasteiger charge is -2.25. The lowest BCUT2D eigenvalue weighted by molar-refractivity contribution is 0.174. The Labute approximate surface area is 134 Å². The van der Waals surface area contributed by atoms with E-state index >= 15 is 0 Å². The highest BCUT2D eigenvalue weighted by Crippen LogP contribution is 2.20. The molecule has 120 valence electrons. The van der Waals surface area contributed by atoms with E-state index in [1.165, 1.54) is 0 Å². The summed E-state index contributed by atoms with van der Waals surface area (Å²) in [4.78, 5) is 6.38. The second-order valence-electron chi connectivity index (χ2n) is 5.27. The van der Waals surface area contributed by atoms with Crippen molar-refractivity contribution in [1.29, 1.82) is 0 Å². The summed E-state index contributed by atoms with van der Waals surface area (Å²) in [5.41, 5.74) is 0.998. The number of rotatable bonds is 7. The molecule has 1 aromatic carbocycles. The number of aliphatic hydroxyl groups excluding tert-OH is 1. The van der Waals surface area contributed by atoms with E-state index in [1.54, 1.807) is 18.4 Å². The predicted molar refractivity (Wildman–Crippen MR) is 85.8 cm³/mol. The maximum Gasteiger partial charge on any atom is 0.246 e. The lowest BCUT2D eigenvalue weighted by atomic mass is 10.2. The van der Waals surface area contributed by atoms with Gasteiger partial charge in [0.25, 0.3) is 0 Å². The highest BCUT2D eigenvalue weighted by atomic mass is 16.5. The number of para-hydroxylation sites is 1. The van der Waals surface area contributed by atoms with Crippen LogP contribution in [0.1, 0.15) is 19.2 Å². The topological polar surface area (TPSA) is 75.5 Å². The maximum atomic E-state index is 10.00. The van der Waals surface area contributed by atoms with Crippen LogP contribution in [0.5, 0.6) is 0 Å². The summed E-state index contributed by atoms with van der Waals surface area (Å²) in [6, 6.07) is 13.4. The molecule has 0 spiro atoms. The van der Waals surface area contributed by atoms with Crippen molar-refractivity contribution in [2.75, 3.05) is 11.4 Å². The third-order valence-corrected chi connectivity index (χ3v) is 3.56. The fourth-order valence-corrected chi connectivity index (χ4v) is 2.27. The Hall–Kier alpha value is -2.60. The molecular formula is C17H19N3O3. The summed E-state index contributed by atoms with van der Waals surface area (Å²) in [5.74, 6) is 1.47. The molecule has 1 unspecified atom stereocenters. The van der Waals surface area contributed by atoms with Gasteiger partial charge in [0.15, 0.2) is 5.76 Å². The Morgan fingerprint density at radius 1 is 1.17 bits per heavy atom. The monoisotopic (exact) mass is 313 g/mol. The summed E-state index contributed by atoms with van der Waals surface area (Å²) >= 11 is 0. The van der Waals surface area contributed by atoms with Gasteiger partial charge in [-0.3, -0.25) is 0 Å². The van der Waals surface area contributed by atoms with Gasteiger partial charge in [-0.15, -0.1) is 0 Å². The zero-order valence-electron chi connectivity index (χ0n) is 12.9. The van der Waals surface area contributed by atoms with Crippen LogP contribution in [0.25, 0.3) is 11.6 Å². The summed E-state index contributed by atoms with van der Waals surface area (Å²) in [6.07, 6.45) is 1.84. The highest BCUT2D eigenvalue weighted by molar-refractivity contribution is 5.47. The fraction of sp³-hybridized carbons (Fsp3) is 0.294. The molecule has 3 aromatic rings. The highest BCUT2D eigenvalue weighted by Gasteiger charge is 2.17. The van der Waals surface area contributed by atoms with Crippen molar-refractivity contribution in [2.24, 2.45) is 0 Å². The molecule has 0 saturated heterocycles. The van der Waals surface area contributed by atoms with E-state index in [0.29, 0.717) is 37.0 Å². The van der Waals surface area contributed by atoms with Crippen molar-refractivity contribution in [3.05, 3.63) is 54.6 Å². The number of aliphatic hydroxyl groups is 1. The van der Waals surface area contributed by atoms with E-state index in [1.807, 2.05) is 42.2 Å². The average Bonchev–Trinajstić information content (AvgIpc) is 3.26. The first-order chi connectivity index (χ1) is 11.3. The van der Waals surface area contributed by atoms with Crippen LogP contribution in [0.15, 0.2) is 57.7 Å². The van der Waals surface area contributed by atoms with Gasteiger partial charge in [-0.25, -0.2) is 0 Å². The third kappa shape index (κ3) is 3.78. The van der Waals surface area contributed by atoms with Gasteiger partial charge in [0.1, 0.15) is 0 Å². The number of anilines is 1. The van der Waals surface area contributed by atoms with Gasteiger partial charge < -0.3 is 18.9 Å². The number of aromatic nitrogens is 2. The molecule has 0 saturated carbocycles. The van der Waals surface area contributed by atoms with Gasteiger partial charge in [-0.2, -0.15) is 4.98 Å². The maximum absolute atomic E-state index is 10.00. The normalized spacial score (nSPS) is 12.3. The van der Waals surface area contributed by atoms with E-state index in [-0.39, 0.29) is 0 Å². The second kappa shape index (κ2) is 7.11. The molecule has 0 aliphatic heterocycles. The minimum atomic E-state index is -0.414. The molecule has 0 bridgehead atoms. The van der Waals surface area contributed by atoms with E-state index < -0.39 is 6.10 Å². The van der Waals surface area contributed by atoms with Crippen LogP contribution in [0.2, 0.25) is 0 Å². The van der Waals surface area contributed by atoms with Crippen molar-refractivity contribution < 1.29 is 14.0 Å². The molecule has 6 heteroatoms. The first kappa shape index (κ1) is 15.3. The van der Waals surface area contributed by atoms with Gasteiger partial charge >= 0.3 is 0 Å². The summed E-state index contributed by atoms with van der Waals surface area (Å²) in [5, 5.41) is 13.9. The minimum absolute atomic E-state index is 0.414. The first-order valence-corrected chi connectivity index (χ1v) is 7.60. The number of hydrogen-bond acceptors (Lipinski definition) is 6. The summed E-state index contributed by atoms with van der Waals surface area (Å²) < 4.78 is 10.6. The number of furan rings is 1. The molecule has 0 aliphatic carbocycles. The predicted octanol–water partition coefficient (Wildman–Crippen LogP) is 3.11. The Morgan fingerprint density at radius 2 is 2.00 bits per heavy atom. The average molecular weight is 313 g/mol. The molecule has 23 heavy (non-hydrogen) atoms. The first-order valence-electron chi connectivity index (χ1n) is 7.60. The zero-order valence-corrected chi connectivity index (χ0v) is 12.9. The fourth-order valence-electron chi connectivity index (χ4n) is 2.27. The third-order valence-electron chi connectivity index (χ3n) is 3.56. The van der Waals surface area contributed by atoms with Crippen LogP contribution in [-0.4, -0.2) is 27.9 Å². The molecule has 0 amide bonds. The minimum Gasteiger partial charge on any atom is -0.461 e. The molecule has 2 heterocycles. The molecule has 0 radical (unpaired) electrons. The van der Waals surface area contributed by atoms with Crippen molar-refractivity contribution in [3.8, 4) is 11.6 Å². The Morgan fingerprint density at radius 3 is 2.70 bits per heavy atom. The summed E-state index contributed by atoms with van der Waals surface area (Å²) in [7, 11) is 0. The van der Waals surface area contributed by atoms with Crippen LogP contribution < -0.4 is 4.90 Å². The van der Waals surface area contributed by atoms with Crippen LogP contribution in [0.3, 0.4) is 0 Å². The Balaban J connectivity index is 1.78. The van der Waals surface area contributed by atoms with Crippen LogP contribution in [0.4, 0.5) is 5.69 Å². The molecule has 0 aliphatic rings. The standard InChI is InChI=1S/C17H19N3O3/c1-2-14(21)11-20(13-7-4-3-5-8-13)12-16-18-17(19-23-16)15-9-6-10-22-15/h3-10,14,21H,2,11-12H2,1H3. The largest absolute Gasteiger partial charge is 0.461 e. The van der Waals surface area contributed by atoms with Crippen molar-refractivity contribution in [1.82, 2.24) is 10.1 Å². The quantitative estimate of drug-likeness (QED) is 0.722. The van der Waals surface area contributed by atoms with Gasteiger partial charge in [0.2, 0.25) is 11.7 Å². The van der Waals surface area contributed by atoms with Crippen LogP contribution in [-0.2, 0) is 6.54 Å². The Kier molecular flexibility index (Phi) is 4.73.